The van der Waals surface area contributed by atoms with Crippen LogP contribution in [0.1, 0.15) is 6.42 Å². The first-order chi connectivity index (χ1) is 17.0. The van der Waals surface area contributed by atoms with Crippen LogP contribution in [0.4, 0.5) is 17.3 Å². The van der Waals surface area contributed by atoms with E-state index in [1.807, 2.05) is 5.38 Å². The Morgan fingerprint density at radius 3 is 2.77 bits per heavy atom. The number of nitro benzene ring substituents is 1. The van der Waals surface area contributed by atoms with E-state index in [0.29, 0.717) is 27.8 Å². The number of non-ortho nitro benzene ring substituents is 1. The van der Waals surface area contributed by atoms with E-state index in [0.717, 1.165) is 5.56 Å². The van der Waals surface area contributed by atoms with Gasteiger partial charge in [-0.05, 0) is 24.3 Å². The molecule has 2 aliphatic heterocycles. The second kappa shape index (κ2) is 8.06. The Labute approximate surface area is 200 Å². The molecule has 0 spiro atoms. The van der Waals surface area contributed by atoms with Gasteiger partial charge in [0.1, 0.15) is 0 Å². The van der Waals surface area contributed by atoms with Crippen LogP contribution in [0.25, 0.3) is 16.2 Å². The standard InChI is InChI=1S/C22H16N6O6S/c29-19-7-13(9-26(19)15-5-6-17-18(8-15)34-11-33-17)20(30)23-21-24-22-27(25-21)16(10-35-22)12-1-3-14(4-2-12)28(31)32/h1-6,8,10,13H,7,9,11H2,(H,23,25,30). The van der Waals surface area contributed by atoms with Crippen molar-refractivity contribution < 1.29 is 24.0 Å². The molecule has 0 saturated carbocycles. The Balaban J connectivity index is 1.17. The van der Waals surface area contributed by atoms with Crippen molar-refractivity contribution in [1.29, 1.82) is 0 Å². The SMILES string of the molecule is O=C(Nc1nc2scc(-c3ccc([N+](=O)[O-])cc3)n2n1)C1CC(=O)N(c2ccc3c(c2)OCO3)C1. The van der Waals surface area contributed by atoms with Crippen LogP contribution in [0.3, 0.4) is 0 Å². The van der Waals surface area contributed by atoms with Crippen molar-refractivity contribution in [2.45, 2.75) is 6.42 Å². The molecule has 0 radical (unpaired) electrons. The van der Waals surface area contributed by atoms with Gasteiger partial charge in [-0.25, -0.2) is 4.52 Å². The summed E-state index contributed by atoms with van der Waals surface area (Å²) in [6.07, 6.45) is 0.0660. The van der Waals surface area contributed by atoms with Crippen LogP contribution >= 0.6 is 11.3 Å². The summed E-state index contributed by atoms with van der Waals surface area (Å²) in [4.78, 5) is 42.4. The molecule has 35 heavy (non-hydrogen) atoms. The van der Waals surface area contributed by atoms with Crippen LogP contribution in [0, 0.1) is 16.0 Å². The summed E-state index contributed by atoms with van der Waals surface area (Å²) in [5, 5.41) is 19.8. The molecule has 1 fully saturated rings. The lowest BCUT2D eigenvalue weighted by atomic mass is 10.1. The number of amides is 2. The molecule has 176 valence electrons. The van der Waals surface area contributed by atoms with Crippen molar-refractivity contribution in [3.63, 3.8) is 0 Å². The largest absolute Gasteiger partial charge is 0.454 e. The third kappa shape index (κ3) is 3.71. The zero-order valence-corrected chi connectivity index (χ0v) is 18.7. The Kier molecular flexibility index (Phi) is 4.84. The molecular weight excluding hydrogens is 476 g/mol. The van der Waals surface area contributed by atoms with Crippen molar-refractivity contribution in [1.82, 2.24) is 14.6 Å². The maximum absolute atomic E-state index is 12.9. The van der Waals surface area contributed by atoms with Crippen LogP contribution in [-0.2, 0) is 9.59 Å². The molecule has 0 bridgehead atoms. The lowest BCUT2D eigenvalue weighted by Crippen LogP contribution is -2.28. The minimum absolute atomic E-state index is 0.00679. The molecule has 2 aromatic heterocycles. The van der Waals surface area contributed by atoms with Crippen molar-refractivity contribution in [3.05, 3.63) is 58.0 Å². The number of benzene rings is 2. The van der Waals surface area contributed by atoms with Crippen molar-refractivity contribution in [2.75, 3.05) is 23.6 Å². The highest BCUT2D eigenvalue weighted by molar-refractivity contribution is 7.15. The van der Waals surface area contributed by atoms with E-state index in [2.05, 4.69) is 15.4 Å². The monoisotopic (exact) mass is 492 g/mol. The second-order valence-electron chi connectivity index (χ2n) is 7.99. The Bertz CT molecular complexity index is 1500. The Hall–Kier alpha value is -4.52. The van der Waals surface area contributed by atoms with Gasteiger partial charge in [-0.1, -0.05) is 0 Å². The number of rotatable bonds is 5. The summed E-state index contributed by atoms with van der Waals surface area (Å²) < 4.78 is 12.3. The van der Waals surface area contributed by atoms with Crippen LogP contribution in [-0.4, -0.2) is 44.7 Å². The zero-order valence-electron chi connectivity index (χ0n) is 17.9. The summed E-state index contributed by atoms with van der Waals surface area (Å²) in [7, 11) is 0. The number of hydrogen-bond acceptors (Lipinski definition) is 9. The topological polar surface area (TPSA) is 141 Å². The molecule has 4 aromatic rings. The third-order valence-electron chi connectivity index (χ3n) is 5.85. The molecule has 0 aliphatic carbocycles. The lowest BCUT2D eigenvalue weighted by Gasteiger charge is -2.16. The highest BCUT2D eigenvalue weighted by atomic mass is 32.1. The van der Waals surface area contributed by atoms with E-state index >= 15 is 0 Å². The average Bonchev–Trinajstić information content (AvgIpc) is 3.62. The smallest absolute Gasteiger partial charge is 0.269 e. The fraction of sp³-hybridized carbons (Fsp3) is 0.182. The number of nitrogens with zero attached hydrogens (tertiary/aromatic N) is 5. The van der Waals surface area contributed by atoms with Gasteiger partial charge in [0, 0.05) is 47.8 Å². The zero-order chi connectivity index (χ0) is 24.1. The van der Waals surface area contributed by atoms with Crippen LogP contribution in [0.2, 0.25) is 0 Å². The minimum atomic E-state index is -0.566. The first kappa shape index (κ1) is 21.0. The number of ether oxygens (including phenoxy) is 2. The maximum Gasteiger partial charge on any atom is 0.269 e. The maximum atomic E-state index is 12.9. The molecule has 2 aromatic carbocycles. The number of anilines is 2. The molecule has 12 nitrogen and oxygen atoms in total. The summed E-state index contributed by atoms with van der Waals surface area (Å²) >= 11 is 1.33. The van der Waals surface area contributed by atoms with Gasteiger partial charge in [0.05, 0.1) is 16.5 Å². The summed E-state index contributed by atoms with van der Waals surface area (Å²) in [5.41, 5.74) is 2.05. The predicted octanol–water partition coefficient (Wildman–Crippen LogP) is 3.09. The van der Waals surface area contributed by atoms with Gasteiger partial charge < -0.3 is 14.4 Å². The van der Waals surface area contributed by atoms with E-state index in [1.54, 1.807) is 39.7 Å². The van der Waals surface area contributed by atoms with Crippen LogP contribution in [0.15, 0.2) is 47.8 Å². The van der Waals surface area contributed by atoms with E-state index in [4.69, 9.17) is 9.47 Å². The number of hydrogen-bond donors (Lipinski definition) is 1. The van der Waals surface area contributed by atoms with Gasteiger partial charge in [-0.3, -0.25) is 25.0 Å². The number of carbonyl (C=O) groups is 2. The predicted molar refractivity (Wildman–Crippen MR) is 125 cm³/mol. The van der Waals surface area contributed by atoms with Gasteiger partial charge in [0.2, 0.25) is 29.5 Å². The molecule has 4 heterocycles. The van der Waals surface area contributed by atoms with Gasteiger partial charge in [0.25, 0.3) is 5.69 Å². The molecule has 13 heteroatoms. The summed E-state index contributed by atoms with van der Waals surface area (Å²) in [6, 6.07) is 11.3. The minimum Gasteiger partial charge on any atom is -0.454 e. The first-order valence-electron chi connectivity index (χ1n) is 10.6. The fourth-order valence-electron chi connectivity index (χ4n) is 4.08. The van der Waals surface area contributed by atoms with Crippen molar-refractivity contribution in [3.8, 4) is 22.8 Å². The highest BCUT2D eigenvalue weighted by Crippen LogP contribution is 2.37. The molecule has 1 unspecified atom stereocenters. The number of thiazole rings is 1. The van der Waals surface area contributed by atoms with Gasteiger partial charge in [-0.2, -0.15) is 4.98 Å². The van der Waals surface area contributed by atoms with Crippen LogP contribution < -0.4 is 19.7 Å². The summed E-state index contributed by atoms with van der Waals surface area (Å²) in [6.45, 7) is 0.360. The van der Waals surface area contributed by atoms with E-state index in [1.165, 1.54) is 23.5 Å². The van der Waals surface area contributed by atoms with Gasteiger partial charge in [0.15, 0.2) is 11.5 Å². The molecule has 1 atom stereocenters. The normalized spacial score (nSPS) is 16.7. The van der Waals surface area contributed by atoms with Gasteiger partial charge >= 0.3 is 0 Å². The Morgan fingerprint density at radius 2 is 1.97 bits per heavy atom. The van der Waals surface area contributed by atoms with Gasteiger partial charge in [-0.15, -0.1) is 16.4 Å². The molecule has 2 amide bonds. The average molecular weight is 492 g/mol. The molecule has 1 saturated heterocycles. The van der Waals surface area contributed by atoms with Crippen LogP contribution in [0.5, 0.6) is 11.5 Å². The number of carbonyl (C=O) groups excluding carboxylic acids is 2. The molecule has 2 aliphatic rings. The number of nitro groups is 1. The fourth-order valence-corrected chi connectivity index (χ4v) is 4.92. The van der Waals surface area contributed by atoms with E-state index in [-0.39, 0.29) is 43.2 Å². The molecular formula is C22H16N6O6S. The lowest BCUT2D eigenvalue weighted by molar-refractivity contribution is -0.384. The third-order valence-corrected chi connectivity index (χ3v) is 6.67. The number of nitrogens with one attached hydrogen (secondary N) is 1. The summed E-state index contributed by atoms with van der Waals surface area (Å²) in [5.74, 6) is 0.227. The van der Waals surface area contributed by atoms with Crippen molar-refractivity contribution >= 4 is 45.4 Å². The second-order valence-corrected chi connectivity index (χ2v) is 8.82. The number of aromatic nitrogens is 3. The highest BCUT2D eigenvalue weighted by Gasteiger charge is 2.36. The number of fused-ring (bicyclic) bond motifs is 2. The molecule has 6 rings (SSSR count). The molecule has 1 N–H and O–H groups in total. The van der Waals surface area contributed by atoms with Crippen molar-refractivity contribution in [2.24, 2.45) is 5.92 Å². The first-order valence-corrected chi connectivity index (χ1v) is 11.4. The quantitative estimate of drug-likeness (QED) is 0.331. The Morgan fingerprint density at radius 1 is 1.17 bits per heavy atom. The van der Waals surface area contributed by atoms with E-state index in [9.17, 15) is 19.7 Å². The van der Waals surface area contributed by atoms with E-state index < -0.39 is 10.8 Å².